The van der Waals surface area contributed by atoms with Gasteiger partial charge in [-0.3, -0.25) is 0 Å². The van der Waals surface area contributed by atoms with E-state index in [1.165, 1.54) is 18.2 Å². The number of aromatic hydroxyl groups is 1. The first kappa shape index (κ1) is 13.9. The first-order chi connectivity index (χ1) is 9.47. The third kappa shape index (κ3) is 3.09. The number of nitrogens with zero attached hydrogens (tertiary/aromatic N) is 1. The van der Waals surface area contributed by atoms with Gasteiger partial charge in [0, 0.05) is 18.8 Å². The third-order valence-electron chi connectivity index (χ3n) is 3.10. The Balaban J connectivity index is 2.10. The number of rotatable bonds is 2. The summed E-state index contributed by atoms with van der Waals surface area (Å²) in [6.07, 6.45) is 2.90. The normalized spacial score (nSPS) is 14.7. The fourth-order valence-electron chi connectivity index (χ4n) is 2.07. The van der Waals surface area contributed by atoms with Gasteiger partial charge in [0.15, 0.2) is 0 Å². The van der Waals surface area contributed by atoms with Gasteiger partial charge < -0.3 is 20.4 Å². The summed E-state index contributed by atoms with van der Waals surface area (Å²) in [4.78, 5) is 24.6. The van der Waals surface area contributed by atoms with Crippen LogP contribution in [-0.4, -0.2) is 40.2 Å². The number of phenols is 1. The quantitative estimate of drug-likeness (QED) is 0.571. The van der Waals surface area contributed by atoms with Crippen LogP contribution < -0.4 is 5.32 Å². The summed E-state index contributed by atoms with van der Waals surface area (Å²) in [7, 11) is 0. The van der Waals surface area contributed by atoms with Crippen molar-refractivity contribution < 1.29 is 19.8 Å². The van der Waals surface area contributed by atoms with Crippen LogP contribution in [0.25, 0.3) is 0 Å². The Morgan fingerprint density at radius 2 is 2.10 bits per heavy atom. The number of benzene rings is 1. The number of anilines is 1. The molecule has 0 aliphatic carbocycles. The monoisotopic (exact) mass is 276 g/mol. The highest BCUT2D eigenvalue weighted by atomic mass is 16.4. The Hall–Kier alpha value is -2.50. The van der Waals surface area contributed by atoms with Crippen molar-refractivity contribution in [3.05, 3.63) is 35.4 Å². The Kier molecular flexibility index (Phi) is 3.93. The molecule has 1 aliphatic heterocycles. The van der Waals surface area contributed by atoms with E-state index in [0.717, 1.165) is 12.0 Å². The molecule has 2 amide bonds. The van der Waals surface area contributed by atoms with Crippen molar-refractivity contribution in [3.8, 4) is 5.75 Å². The molecule has 0 atom stereocenters. The minimum atomic E-state index is -1.24. The van der Waals surface area contributed by atoms with Gasteiger partial charge >= 0.3 is 12.0 Å². The van der Waals surface area contributed by atoms with Crippen LogP contribution in [0.4, 0.5) is 10.5 Å². The number of carboxylic acids is 1. The molecule has 6 heteroatoms. The van der Waals surface area contributed by atoms with Crippen LogP contribution >= 0.6 is 0 Å². The Morgan fingerprint density at radius 3 is 2.75 bits per heavy atom. The number of urea groups is 1. The minimum Gasteiger partial charge on any atom is -0.507 e. The fourth-order valence-corrected chi connectivity index (χ4v) is 2.07. The van der Waals surface area contributed by atoms with Crippen molar-refractivity contribution in [1.29, 1.82) is 0 Å². The molecule has 0 unspecified atom stereocenters. The average Bonchev–Trinajstić information content (AvgIpc) is 2.40. The molecule has 0 fully saturated rings. The van der Waals surface area contributed by atoms with Crippen LogP contribution in [0.15, 0.2) is 29.8 Å². The van der Waals surface area contributed by atoms with Crippen LogP contribution in [0.1, 0.15) is 23.7 Å². The Bertz CT molecular complexity index is 581. The molecule has 0 saturated carbocycles. The van der Waals surface area contributed by atoms with Crippen molar-refractivity contribution in [2.24, 2.45) is 0 Å². The fraction of sp³-hybridized carbons (Fsp3) is 0.286. The average molecular weight is 276 g/mol. The molecule has 0 radical (unpaired) electrons. The molecule has 106 valence electrons. The van der Waals surface area contributed by atoms with Crippen molar-refractivity contribution in [2.45, 2.75) is 13.3 Å². The lowest BCUT2D eigenvalue weighted by atomic mass is 10.1. The lowest BCUT2D eigenvalue weighted by Crippen LogP contribution is -2.38. The highest BCUT2D eigenvalue weighted by Gasteiger charge is 2.17. The number of hydrogen-bond acceptors (Lipinski definition) is 3. The molecule has 1 heterocycles. The van der Waals surface area contributed by atoms with Gasteiger partial charge in [0.1, 0.15) is 11.3 Å². The maximum absolute atomic E-state index is 12.1. The van der Waals surface area contributed by atoms with Gasteiger partial charge in [0.05, 0.1) is 0 Å². The third-order valence-corrected chi connectivity index (χ3v) is 3.10. The molecule has 0 bridgehead atoms. The summed E-state index contributed by atoms with van der Waals surface area (Å²) >= 11 is 0. The van der Waals surface area contributed by atoms with Gasteiger partial charge in [0.2, 0.25) is 0 Å². The first-order valence-corrected chi connectivity index (χ1v) is 6.25. The lowest BCUT2D eigenvalue weighted by Gasteiger charge is -2.26. The van der Waals surface area contributed by atoms with Crippen LogP contribution in [0.5, 0.6) is 5.75 Å². The molecule has 1 aromatic carbocycles. The number of carboxylic acid groups (broad SMARTS) is 1. The molecule has 1 aromatic rings. The highest BCUT2D eigenvalue weighted by Crippen LogP contribution is 2.22. The van der Waals surface area contributed by atoms with Gasteiger partial charge in [-0.25, -0.2) is 9.59 Å². The van der Waals surface area contributed by atoms with Gasteiger partial charge in [0.25, 0.3) is 0 Å². The largest absolute Gasteiger partial charge is 0.507 e. The number of carbonyl (C=O) groups excluding carboxylic acids is 1. The topological polar surface area (TPSA) is 89.9 Å². The summed E-state index contributed by atoms with van der Waals surface area (Å²) in [6, 6.07) is 3.68. The molecule has 3 N–H and O–H groups in total. The van der Waals surface area contributed by atoms with Crippen LogP contribution in [-0.2, 0) is 0 Å². The predicted octanol–water partition coefficient (Wildman–Crippen LogP) is 2.27. The van der Waals surface area contributed by atoms with Crippen molar-refractivity contribution in [2.75, 3.05) is 18.4 Å². The number of carbonyl (C=O) groups is 2. The van der Waals surface area contributed by atoms with Gasteiger partial charge in [-0.05, 0) is 31.5 Å². The second kappa shape index (κ2) is 5.64. The summed E-state index contributed by atoms with van der Waals surface area (Å²) in [6.45, 7) is 3.16. The number of amides is 2. The summed E-state index contributed by atoms with van der Waals surface area (Å²) in [5.41, 5.74) is 1.23. The number of hydrogen-bond donors (Lipinski definition) is 3. The van der Waals surface area contributed by atoms with Crippen LogP contribution in [0.3, 0.4) is 0 Å². The maximum Gasteiger partial charge on any atom is 0.339 e. The van der Waals surface area contributed by atoms with Gasteiger partial charge in [-0.1, -0.05) is 11.6 Å². The highest BCUT2D eigenvalue weighted by molar-refractivity contribution is 5.95. The van der Waals surface area contributed by atoms with Gasteiger partial charge in [-0.2, -0.15) is 0 Å². The molecule has 0 aromatic heterocycles. The second-order valence-electron chi connectivity index (χ2n) is 4.73. The molecule has 6 nitrogen and oxygen atoms in total. The number of nitrogens with one attached hydrogen (secondary N) is 1. The lowest BCUT2D eigenvalue weighted by molar-refractivity contribution is 0.0693. The van der Waals surface area contributed by atoms with E-state index < -0.39 is 5.97 Å². The van der Waals surface area contributed by atoms with E-state index in [1.807, 2.05) is 6.92 Å². The van der Waals surface area contributed by atoms with Gasteiger partial charge in [-0.15, -0.1) is 0 Å². The molecular weight excluding hydrogens is 260 g/mol. The van der Waals surface area contributed by atoms with E-state index in [4.69, 9.17) is 5.11 Å². The number of aromatic carboxylic acids is 1. The summed E-state index contributed by atoms with van der Waals surface area (Å²) in [5, 5.41) is 21.0. The molecule has 1 aliphatic rings. The minimum absolute atomic E-state index is 0.238. The standard InChI is InChI=1S/C14H16N2O4/c1-9-3-2-6-16(8-9)14(20)15-10-4-5-12(17)11(7-10)13(18)19/h3-5,7,17H,2,6,8H2,1H3,(H,15,20)(H,18,19). The molecule has 0 saturated heterocycles. The van der Waals surface area contributed by atoms with E-state index in [-0.39, 0.29) is 17.3 Å². The van der Waals surface area contributed by atoms with Crippen molar-refractivity contribution in [3.63, 3.8) is 0 Å². The van der Waals surface area contributed by atoms with Crippen LogP contribution in [0, 0.1) is 0 Å². The van der Waals surface area contributed by atoms with E-state index >= 15 is 0 Å². The van der Waals surface area contributed by atoms with E-state index in [1.54, 1.807) is 4.90 Å². The van der Waals surface area contributed by atoms with Crippen molar-refractivity contribution in [1.82, 2.24) is 4.90 Å². The van der Waals surface area contributed by atoms with E-state index in [2.05, 4.69) is 11.4 Å². The predicted molar refractivity (Wildman–Crippen MR) is 74.0 cm³/mol. The second-order valence-corrected chi connectivity index (χ2v) is 4.73. The maximum atomic E-state index is 12.1. The van der Waals surface area contributed by atoms with Crippen molar-refractivity contribution >= 4 is 17.7 Å². The zero-order valence-corrected chi connectivity index (χ0v) is 11.1. The Labute approximate surface area is 116 Å². The zero-order valence-electron chi connectivity index (χ0n) is 11.1. The van der Waals surface area contributed by atoms with E-state index in [9.17, 15) is 14.7 Å². The smallest absolute Gasteiger partial charge is 0.339 e. The molecule has 2 rings (SSSR count). The summed E-state index contributed by atoms with van der Waals surface area (Å²) < 4.78 is 0. The SMILES string of the molecule is CC1=CCCN(C(=O)Nc2ccc(O)c(C(=O)O)c2)C1. The Morgan fingerprint density at radius 1 is 1.35 bits per heavy atom. The van der Waals surface area contributed by atoms with Crippen LogP contribution in [0.2, 0.25) is 0 Å². The molecule has 0 spiro atoms. The first-order valence-electron chi connectivity index (χ1n) is 6.25. The van der Waals surface area contributed by atoms with E-state index in [0.29, 0.717) is 18.8 Å². The summed E-state index contributed by atoms with van der Waals surface area (Å²) in [5.74, 6) is -1.57. The molecule has 20 heavy (non-hydrogen) atoms. The zero-order chi connectivity index (χ0) is 14.7. The molecular formula is C14H16N2O4.